The van der Waals surface area contributed by atoms with E-state index in [1.807, 2.05) is 36.4 Å². The van der Waals surface area contributed by atoms with E-state index in [4.69, 9.17) is 22.3 Å². The molecule has 0 amide bonds. The molecule has 1 saturated heterocycles. The highest BCUT2D eigenvalue weighted by molar-refractivity contribution is 7.82. The number of ether oxygens (including phenoxy) is 2. The molecule has 0 spiro atoms. The predicted molar refractivity (Wildman–Crippen MR) is 141 cm³/mol. The zero-order chi connectivity index (χ0) is 25.8. The van der Waals surface area contributed by atoms with Gasteiger partial charge < -0.3 is 13.9 Å². The molecule has 192 valence electrons. The van der Waals surface area contributed by atoms with Gasteiger partial charge in [-0.3, -0.25) is 0 Å². The lowest BCUT2D eigenvalue weighted by Crippen LogP contribution is -2.67. The van der Waals surface area contributed by atoms with Gasteiger partial charge in [-0.2, -0.15) is 8.42 Å². The molecule has 1 aliphatic heterocycles. The molecule has 1 fully saturated rings. The summed E-state index contributed by atoms with van der Waals surface area (Å²) in [6.07, 6.45) is -1.70. The average molecular weight is 529 g/mol. The minimum Gasteiger partial charge on any atom is -0.497 e. The second-order valence-electron chi connectivity index (χ2n) is 9.64. The van der Waals surface area contributed by atoms with E-state index < -0.39 is 30.9 Å². The minimum atomic E-state index is -4.16. The first-order valence-corrected chi connectivity index (χ1v) is 15.0. The van der Waals surface area contributed by atoms with E-state index in [2.05, 4.69) is 45.0 Å². The van der Waals surface area contributed by atoms with Crippen molar-refractivity contribution in [1.29, 1.82) is 0 Å². The maximum atomic E-state index is 12.2. The van der Waals surface area contributed by atoms with E-state index in [0.717, 1.165) is 10.4 Å². The van der Waals surface area contributed by atoms with Gasteiger partial charge >= 0.3 is 10.4 Å². The van der Waals surface area contributed by atoms with Gasteiger partial charge in [-0.15, -0.1) is 0 Å². The predicted octanol–water partition coefficient (Wildman–Crippen LogP) is 3.68. The summed E-state index contributed by atoms with van der Waals surface area (Å²) < 4.78 is 52.9. The summed E-state index contributed by atoms with van der Waals surface area (Å²) >= 11 is 0. The second kappa shape index (κ2) is 10.7. The van der Waals surface area contributed by atoms with Gasteiger partial charge in [-0.05, 0) is 39.7 Å². The van der Waals surface area contributed by atoms with Crippen molar-refractivity contribution in [1.82, 2.24) is 0 Å². The Morgan fingerprint density at radius 2 is 1.22 bits per heavy atom. The highest BCUT2D eigenvalue weighted by atomic mass is 32.3. The summed E-state index contributed by atoms with van der Waals surface area (Å²) in [7, 11) is -5.45. The summed E-state index contributed by atoms with van der Waals surface area (Å²) in [5, 5.41) is 1.93. The van der Waals surface area contributed by atoms with Gasteiger partial charge in [0.2, 0.25) is 0 Å². The zero-order valence-electron chi connectivity index (χ0n) is 20.9. The molecule has 0 radical (unpaired) electrons. The van der Waals surface area contributed by atoms with Gasteiger partial charge in [0.25, 0.3) is 8.32 Å². The van der Waals surface area contributed by atoms with Crippen LogP contribution in [0.3, 0.4) is 0 Å². The first-order valence-electron chi connectivity index (χ1n) is 11.8. The summed E-state index contributed by atoms with van der Waals surface area (Å²) in [6.45, 7) is 6.49. The van der Waals surface area contributed by atoms with Gasteiger partial charge in [0, 0.05) is 0 Å². The molecule has 36 heavy (non-hydrogen) atoms. The van der Waals surface area contributed by atoms with Crippen molar-refractivity contribution in [3.05, 3.63) is 84.9 Å². The average Bonchev–Trinajstić information content (AvgIpc) is 3.17. The van der Waals surface area contributed by atoms with Crippen LogP contribution in [0.25, 0.3) is 0 Å². The lowest BCUT2D eigenvalue weighted by atomic mass is 10.2. The van der Waals surface area contributed by atoms with Crippen molar-refractivity contribution in [3.63, 3.8) is 0 Å². The minimum absolute atomic E-state index is 0.0136. The first kappa shape index (κ1) is 26.4. The third-order valence-electron chi connectivity index (χ3n) is 6.25. The molecular weight excluding hydrogens is 496 g/mol. The highest BCUT2D eigenvalue weighted by Gasteiger charge is 2.52. The van der Waals surface area contributed by atoms with E-state index in [-0.39, 0.29) is 18.3 Å². The molecule has 0 aromatic heterocycles. The number of methoxy groups -OCH3 is 1. The number of hydrogen-bond acceptors (Lipinski definition) is 7. The zero-order valence-corrected chi connectivity index (χ0v) is 22.7. The van der Waals surface area contributed by atoms with Crippen LogP contribution in [0.15, 0.2) is 84.9 Å². The fourth-order valence-corrected chi connectivity index (χ4v) is 10.1. The topological polar surface area (TPSA) is 80.3 Å². The normalized spacial score (nSPS) is 19.7. The molecule has 7 nitrogen and oxygen atoms in total. The van der Waals surface area contributed by atoms with Crippen LogP contribution in [0.4, 0.5) is 0 Å². The van der Waals surface area contributed by atoms with Crippen LogP contribution in [0.2, 0.25) is 5.04 Å². The van der Waals surface area contributed by atoms with Crippen molar-refractivity contribution < 1.29 is 30.7 Å². The van der Waals surface area contributed by atoms with E-state index in [0.29, 0.717) is 11.5 Å². The largest absolute Gasteiger partial charge is 0.497 e. The summed E-state index contributed by atoms with van der Waals surface area (Å²) in [4.78, 5) is 0. The first-order chi connectivity index (χ1) is 17.1. The van der Waals surface area contributed by atoms with Crippen molar-refractivity contribution in [3.8, 4) is 11.5 Å². The number of rotatable bonds is 9. The Kier molecular flexibility index (Phi) is 7.87. The van der Waals surface area contributed by atoms with Gasteiger partial charge in [0.05, 0.1) is 13.7 Å². The quantitative estimate of drug-likeness (QED) is 0.392. The summed E-state index contributed by atoms with van der Waals surface area (Å²) in [5.41, 5.74) is 0. The van der Waals surface area contributed by atoms with E-state index in [1.54, 1.807) is 31.4 Å². The van der Waals surface area contributed by atoms with Crippen molar-refractivity contribution in [2.45, 2.75) is 38.0 Å². The fourth-order valence-electron chi connectivity index (χ4n) is 4.54. The number of benzene rings is 3. The Labute approximate surface area is 214 Å². The van der Waals surface area contributed by atoms with E-state index in [1.165, 1.54) is 0 Å². The molecule has 3 aromatic rings. The fraction of sp³-hybridized carbons (Fsp3) is 0.333. The Bertz CT molecular complexity index is 1190. The maximum absolute atomic E-state index is 12.2. The van der Waals surface area contributed by atoms with Crippen molar-refractivity contribution in [2.24, 2.45) is 0 Å². The van der Waals surface area contributed by atoms with Crippen LogP contribution in [0.5, 0.6) is 11.5 Å². The molecule has 1 aliphatic rings. The van der Waals surface area contributed by atoms with E-state index >= 15 is 0 Å². The standard InChI is InChI=1S/C27H32O7SSi/c1-27(2,3)36(23-11-7-5-8-12-23,24-13-9-6-10-14-24)32-20-26-25(33-35(28,29)34-26)19-31-22-17-15-21(30-4)16-18-22/h5-18,25-26H,19-20H2,1-4H3/t25-,26-/m0/s1. The van der Waals surface area contributed by atoms with Crippen LogP contribution >= 0.6 is 0 Å². The molecule has 1 heterocycles. The molecule has 0 N–H and O–H groups in total. The lowest BCUT2D eigenvalue weighted by Gasteiger charge is -2.43. The molecule has 0 unspecified atom stereocenters. The van der Waals surface area contributed by atoms with Gasteiger partial charge in [0.15, 0.2) is 0 Å². The molecule has 0 saturated carbocycles. The van der Waals surface area contributed by atoms with Gasteiger partial charge in [0.1, 0.15) is 30.3 Å². The molecule has 0 bridgehead atoms. The van der Waals surface area contributed by atoms with Crippen LogP contribution < -0.4 is 19.8 Å². The second-order valence-corrected chi connectivity index (χ2v) is 15.1. The summed E-state index contributed by atoms with van der Waals surface area (Å²) in [5.74, 6) is 1.26. The van der Waals surface area contributed by atoms with E-state index in [9.17, 15) is 8.42 Å². The van der Waals surface area contributed by atoms with Crippen LogP contribution in [0.1, 0.15) is 20.8 Å². The van der Waals surface area contributed by atoms with Gasteiger partial charge in [-0.25, -0.2) is 8.37 Å². The molecule has 2 atom stereocenters. The molecule has 3 aromatic carbocycles. The Morgan fingerprint density at radius 3 is 1.69 bits per heavy atom. The maximum Gasteiger partial charge on any atom is 0.400 e. The number of hydrogen-bond donors (Lipinski definition) is 0. The lowest BCUT2D eigenvalue weighted by molar-refractivity contribution is 0.0641. The molecule has 4 rings (SSSR count). The molecule has 9 heteroatoms. The molecular formula is C27H32O7SSi. The van der Waals surface area contributed by atoms with Gasteiger partial charge in [-0.1, -0.05) is 81.4 Å². The Morgan fingerprint density at radius 1 is 0.750 bits per heavy atom. The summed E-state index contributed by atoms with van der Waals surface area (Å²) in [6, 6.07) is 27.3. The van der Waals surface area contributed by atoms with Crippen LogP contribution in [-0.2, 0) is 23.2 Å². The monoisotopic (exact) mass is 528 g/mol. The Balaban J connectivity index is 1.60. The van der Waals surface area contributed by atoms with Crippen molar-refractivity contribution in [2.75, 3.05) is 20.3 Å². The SMILES string of the molecule is COc1ccc(OC[C@@H]2OS(=O)(=O)O[C@H]2CO[Si](c2ccccc2)(c2ccccc2)C(C)(C)C)cc1. The molecule has 0 aliphatic carbocycles. The highest BCUT2D eigenvalue weighted by Crippen LogP contribution is 2.37. The van der Waals surface area contributed by atoms with Crippen molar-refractivity contribution >= 4 is 29.1 Å². The Hall–Kier alpha value is -2.69. The van der Waals surface area contributed by atoms with Crippen LogP contribution in [-0.4, -0.2) is 49.3 Å². The van der Waals surface area contributed by atoms with Crippen LogP contribution in [0, 0.1) is 0 Å². The third-order valence-corrected chi connectivity index (χ3v) is 12.2. The smallest absolute Gasteiger partial charge is 0.400 e. The third kappa shape index (κ3) is 5.66.